The van der Waals surface area contributed by atoms with E-state index in [1.165, 1.54) is 12.1 Å². The number of alkyl halides is 1. The van der Waals surface area contributed by atoms with E-state index >= 15 is 0 Å². The Labute approximate surface area is 128 Å². The largest absolute Gasteiger partial charge is 0.454 e. The highest BCUT2D eigenvalue weighted by Crippen LogP contribution is 2.32. The third-order valence-electron chi connectivity index (χ3n) is 2.59. The third kappa shape index (κ3) is 3.40. The zero-order valence-corrected chi connectivity index (χ0v) is 11.8. The fourth-order valence-corrected chi connectivity index (χ4v) is 2.10. The molecule has 0 aliphatic carbocycles. The first kappa shape index (κ1) is 15.5. The molecule has 0 amide bonds. The Morgan fingerprint density at radius 1 is 1.19 bits per heavy atom. The van der Waals surface area contributed by atoms with Crippen LogP contribution in [0.3, 0.4) is 0 Å². The average Bonchev–Trinajstić information content (AvgIpc) is 2.42. The van der Waals surface area contributed by atoms with Crippen molar-refractivity contribution < 1.29 is 18.4 Å². The van der Waals surface area contributed by atoms with Gasteiger partial charge in [0.05, 0.1) is 11.0 Å². The molecule has 0 bridgehead atoms. The van der Waals surface area contributed by atoms with E-state index in [0.29, 0.717) is 22.7 Å². The van der Waals surface area contributed by atoms with Crippen molar-refractivity contribution in [3.8, 4) is 11.5 Å². The molecule has 0 atom stereocenters. The summed E-state index contributed by atoms with van der Waals surface area (Å²) in [4.78, 5) is 9.47. The molecule has 8 heteroatoms. The van der Waals surface area contributed by atoms with Gasteiger partial charge in [0.1, 0.15) is 5.75 Å². The van der Waals surface area contributed by atoms with Gasteiger partial charge >= 0.3 is 5.69 Å². The standard InChI is InChI=1S/C13H7Cl2F2NO3/c14-6-7-1-2-8(3-9(7)15)21-13-5-10(16)12(18(19)20)4-11(13)17/h1-5H,6H2. The van der Waals surface area contributed by atoms with Crippen LogP contribution < -0.4 is 4.74 Å². The normalized spacial score (nSPS) is 10.5. The summed E-state index contributed by atoms with van der Waals surface area (Å²) >= 11 is 11.6. The summed E-state index contributed by atoms with van der Waals surface area (Å²) < 4.78 is 32.3. The zero-order chi connectivity index (χ0) is 15.6. The number of ether oxygens (including phenoxy) is 1. The second kappa shape index (κ2) is 6.24. The quantitative estimate of drug-likeness (QED) is 0.446. The third-order valence-corrected chi connectivity index (χ3v) is 3.23. The average molecular weight is 334 g/mol. The number of nitrogens with zero attached hydrogens (tertiary/aromatic N) is 1. The summed E-state index contributed by atoms with van der Waals surface area (Å²) in [6.07, 6.45) is 0. The first-order valence-corrected chi connectivity index (χ1v) is 6.49. The summed E-state index contributed by atoms with van der Waals surface area (Å²) in [5, 5.41) is 10.8. The zero-order valence-electron chi connectivity index (χ0n) is 10.3. The van der Waals surface area contributed by atoms with E-state index in [0.717, 1.165) is 0 Å². The Balaban J connectivity index is 2.34. The topological polar surface area (TPSA) is 52.4 Å². The second-order valence-corrected chi connectivity index (χ2v) is 4.65. The van der Waals surface area contributed by atoms with E-state index in [4.69, 9.17) is 27.9 Å². The van der Waals surface area contributed by atoms with Crippen LogP contribution >= 0.6 is 23.2 Å². The van der Waals surface area contributed by atoms with Crippen LogP contribution in [0.1, 0.15) is 5.56 Å². The van der Waals surface area contributed by atoms with Crippen molar-refractivity contribution in [3.05, 3.63) is 62.7 Å². The molecule has 2 aromatic carbocycles. The summed E-state index contributed by atoms with van der Waals surface area (Å²) in [7, 11) is 0. The van der Waals surface area contributed by atoms with Gasteiger partial charge in [-0.05, 0) is 17.7 Å². The minimum atomic E-state index is -1.19. The number of hydrogen-bond donors (Lipinski definition) is 0. The van der Waals surface area contributed by atoms with Crippen molar-refractivity contribution in [2.45, 2.75) is 5.88 Å². The minimum Gasteiger partial charge on any atom is -0.454 e. The van der Waals surface area contributed by atoms with Crippen LogP contribution in [0, 0.1) is 21.7 Å². The lowest BCUT2D eigenvalue weighted by molar-refractivity contribution is -0.387. The van der Waals surface area contributed by atoms with Crippen LogP contribution in [0.4, 0.5) is 14.5 Å². The fraction of sp³-hybridized carbons (Fsp3) is 0.0769. The highest BCUT2D eigenvalue weighted by Gasteiger charge is 2.19. The predicted molar refractivity (Wildman–Crippen MR) is 74.1 cm³/mol. The SMILES string of the molecule is O=[N+]([O-])c1cc(F)c(Oc2ccc(CCl)c(Cl)c2)cc1F. The van der Waals surface area contributed by atoms with Crippen LogP contribution in [0.2, 0.25) is 5.02 Å². The van der Waals surface area contributed by atoms with Gasteiger partial charge in [0, 0.05) is 17.0 Å². The predicted octanol–water partition coefficient (Wildman–Crippen LogP) is 5.06. The molecule has 0 radical (unpaired) electrons. The first-order valence-electron chi connectivity index (χ1n) is 5.58. The van der Waals surface area contributed by atoms with Crippen LogP contribution in [0.25, 0.3) is 0 Å². The van der Waals surface area contributed by atoms with Gasteiger partial charge in [0.15, 0.2) is 11.6 Å². The Morgan fingerprint density at radius 3 is 2.48 bits per heavy atom. The van der Waals surface area contributed by atoms with Gasteiger partial charge in [0.2, 0.25) is 5.82 Å². The van der Waals surface area contributed by atoms with Crippen molar-refractivity contribution in [2.75, 3.05) is 0 Å². The van der Waals surface area contributed by atoms with Gasteiger partial charge in [-0.15, -0.1) is 11.6 Å². The first-order chi connectivity index (χ1) is 9.92. The molecule has 2 aromatic rings. The van der Waals surface area contributed by atoms with Crippen LogP contribution in [-0.2, 0) is 5.88 Å². The van der Waals surface area contributed by atoms with Gasteiger partial charge in [-0.3, -0.25) is 10.1 Å². The molecule has 0 aliphatic rings. The van der Waals surface area contributed by atoms with Gasteiger partial charge in [0.25, 0.3) is 0 Å². The highest BCUT2D eigenvalue weighted by molar-refractivity contribution is 6.32. The molecule has 0 aliphatic heterocycles. The molecular weight excluding hydrogens is 327 g/mol. The van der Waals surface area contributed by atoms with Gasteiger partial charge in [-0.2, -0.15) is 4.39 Å². The Hall–Kier alpha value is -1.92. The highest BCUT2D eigenvalue weighted by atomic mass is 35.5. The lowest BCUT2D eigenvalue weighted by Crippen LogP contribution is -1.96. The maximum Gasteiger partial charge on any atom is 0.307 e. The molecular formula is C13H7Cl2F2NO3. The molecule has 0 aromatic heterocycles. The lowest BCUT2D eigenvalue weighted by Gasteiger charge is -2.08. The minimum absolute atomic E-state index is 0.154. The molecule has 0 unspecified atom stereocenters. The Kier molecular flexibility index (Phi) is 4.59. The van der Waals surface area contributed by atoms with E-state index < -0.39 is 28.0 Å². The smallest absolute Gasteiger partial charge is 0.307 e. The molecule has 21 heavy (non-hydrogen) atoms. The Bertz CT molecular complexity index is 710. The molecule has 0 saturated heterocycles. The van der Waals surface area contributed by atoms with Gasteiger partial charge in [-0.1, -0.05) is 17.7 Å². The summed E-state index contributed by atoms with van der Waals surface area (Å²) in [5.41, 5.74) is -0.309. The van der Waals surface area contributed by atoms with E-state index in [1.54, 1.807) is 6.07 Å². The molecule has 110 valence electrons. The molecule has 2 rings (SSSR count). The molecule has 0 spiro atoms. The molecule has 0 N–H and O–H groups in total. The molecule has 4 nitrogen and oxygen atoms in total. The monoisotopic (exact) mass is 333 g/mol. The van der Waals surface area contributed by atoms with Crippen molar-refractivity contribution in [1.82, 2.24) is 0 Å². The van der Waals surface area contributed by atoms with Crippen molar-refractivity contribution in [1.29, 1.82) is 0 Å². The molecule has 0 heterocycles. The maximum absolute atomic E-state index is 13.7. The van der Waals surface area contributed by atoms with E-state index in [2.05, 4.69) is 0 Å². The van der Waals surface area contributed by atoms with Gasteiger partial charge < -0.3 is 4.74 Å². The Morgan fingerprint density at radius 2 is 1.90 bits per heavy atom. The lowest BCUT2D eigenvalue weighted by atomic mass is 10.2. The summed E-state index contributed by atoms with van der Waals surface area (Å²) in [6.45, 7) is 0. The van der Waals surface area contributed by atoms with Crippen molar-refractivity contribution in [2.24, 2.45) is 0 Å². The van der Waals surface area contributed by atoms with Crippen molar-refractivity contribution in [3.63, 3.8) is 0 Å². The summed E-state index contributed by atoms with van der Waals surface area (Å²) in [5.74, 6) is -2.38. The van der Waals surface area contributed by atoms with E-state index in [9.17, 15) is 18.9 Å². The number of benzene rings is 2. The number of halogens is 4. The molecule has 0 fully saturated rings. The van der Waals surface area contributed by atoms with Crippen LogP contribution in [-0.4, -0.2) is 4.92 Å². The van der Waals surface area contributed by atoms with E-state index in [-0.39, 0.29) is 11.6 Å². The second-order valence-electron chi connectivity index (χ2n) is 3.98. The van der Waals surface area contributed by atoms with Gasteiger partial charge in [-0.25, -0.2) is 4.39 Å². The van der Waals surface area contributed by atoms with E-state index in [1.807, 2.05) is 0 Å². The number of nitro benzene ring substituents is 1. The fourth-order valence-electron chi connectivity index (χ4n) is 1.56. The maximum atomic E-state index is 13.7. The molecule has 0 saturated carbocycles. The summed E-state index contributed by atoms with van der Waals surface area (Å²) in [6, 6.07) is 5.50. The number of nitro groups is 1. The number of rotatable bonds is 4. The number of hydrogen-bond acceptors (Lipinski definition) is 3. The van der Waals surface area contributed by atoms with Crippen LogP contribution in [0.15, 0.2) is 30.3 Å². The van der Waals surface area contributed by atoms with Crippen LogP contribution in [0.5, 0.6) is 11.5 Å². The van der Waals surface area contributed by atoms with Crippen molar-refractivity contribution >= 4 is 28.9 Å².